The second-order valence-corrected chi connectivity index (χ2v) is 6.87. The molecule has 2 N–H and O–H groups in total. The maximum absolute atomic E-state index is 9.11. The van der Waals surface area contributed by atoms with Crippen molar-refractivity contribution in [3.63, 3.8) is 0 Å². The zero-order chi connectivity index (χ0) is 18.5. The zero-order valence-corrected chi connectivity index (χ0v) is 15.4. The molecule has 27 heavy (non-hydrogen) atoms. The first-order chi connectivity index (χ1) is 13.3. The van der Waals surface area contributed by atoms with E-state index in [1.807, 2.05) is 12.4 Å². The van der Waals surface area contributed by atoms with Crippen molar-refractivity contribution >= 4 is 17.5 Å². The molecule has 2 aromatic heterocycles. The van der Waals surface area contributed by atoms with Gasteiger partial charge in [0.05, 0.1) is 18.9 Å². The molecule has 8 heteroatoms. The van der Waals surface area contributed by atoms with Crippen LogP contribution in [0.15, 0.2) is 30.6 Å². The molecular weight excluding hydrogens is 344 g/mol. The van der Waals surface area contributed by atoms with E-state index < -0.39 is 0 Å². The number of ether oxygens (including phenoxy) is 1. The molecule has 0 spiro atoms. The molecule has 0 radical (unpaired) electrons. The van der Waals surface area contributed by atoms with Gasteiger partial charge in [0, 0.05) is 69.4 Å². The van der Waals surface area contributed by atoms with E-state index in [2.05, 4.69) is 48.3 Å². The number of aromatic nitrogens is 3. The van der Waals surface area contributed by atoms with E-state index >= 15 is 0 Å². The monoisotopic (exact) mass is 370 g/mol. The van der Waals surface area contributed by atoms with Gasteiger partial charge in [0.15, 0.2) is 0 Å². The van der Waals surface area contributed by atoms with Crippen molar-refractivity contribution in [3.8, 4) is 0 Å². The van der Waals surface area contributed by atoms with E-state index in [9.17, 15) is 0 Å². The van der Waals surface area contributed by atoms with Gasteiger partial charge in [0.25, 0.3) is 0 Å². The summed E-state index contributed by atoms with van der Waals surface area (Å²) in [4.78, 5) is 18.1. The Bertz CT molecular complexity index is 730. The molecule has 2 aliphatic rings. The average molecular weight is 370 g/mol. The third-order valence-corrected chi connectivity index (χ3v) is 5.11. The highest BCUT2D eigenvalue weighted by Crippen LogP contribution is 2.28. The first kappa shape index (κ1) is 17.9. The van der Waals surface area contributed by atoms with Crippen molar-refractivity contribution in [2.24, 2.45) is 0 Å². The number of piperazine rings is 1. The minimum atomic E-state index is 0.0556. The molecule has 0 saturated carbocycles. The highest BCUT2D eigenvalue weighted by Gasteiger charge is 2.24. The van der Waals surface area contributed by atoms with E-state index in [0.29, 0.717) is 25.0 Å². The Balaban J connectivity index is 1.49. The van der Waals surface area contributed by atoms with Crippen LogP contribution in [0.4, 0.5) is 17.5 Å². The first-order valence-corrected chi connectivity index (χ1v) is 9.55. The van der Waals surface area contributed by atoms with Gasteiger partial charge < -0.3 is 25.0 Å². The molecular formula is C19H26N6O2. The van der Waals surface area contributed by atoms with Crippen molar-refractivity contribution in [1.29, 1.82) is 0 Å². The Morgan fingerprint density at radius 1 is 1.11 bits per heavy atom. The zero-order valence-electron chi connectivity index (χ0n) is 15.4. The number of aliphatic hydroxyl groups is 1. The van der Waals surface area contributed by atoms with Gasteiger partial charge >= 0.3 is 0 Å². The summed E-state index contributed by atoms with van der Waals surface area (Å²) in [6.07, 6.45) is 4.66. The fraction of sp³-hybridized carbons (Fsp3) is 0.526. The lowest BCUT2D eigenvalue weighted by molar-refractivity contribution is 0.193. The predicted octanol–water partition coefficient (Wildman–Crippen LogP) is 1.11. The second kappa shape index (κ2) is 8.49. The third kappa shape index (κ3) is 4.28. The van der Waals surface area contributed by atoms with Gasteiger partial charge in [-0.05, 0) is 18.6 Å². The fourth-order valence-corrected chi connectivity index (χ4v) is 3.59. The number of rotatable bonds is 6. The molecule has 144 valence electrons. The van der Waals surface area contributed by atoms with Crippen LogP contribution in [-0.2, 0) is 4.74 Å². The van der Waals surface area contributed by atoms with Gasteiger partial charge in [0.2, 0.25) is 5.95 Å². The highest BCUT2D eigenvalue weighted by atomic mass is 16.5. The molecule has 0 aromatic carbocycles. The van der Waals surface area contributed by atoms with Crippen LogP contribution in [0.5, 0.6) is 0 Å². The topological polar surface area (TPSA) is 86.6 Å². The summed E-state index contributed by atoms with van der Waals surface area (Å²) in [7, 11) is 0. The lowest BCUT2D eigenvalue weighted by Crippen LogP contribution is -2.47. The lowest BCUT2D eigenvalue weighted by atomic mass is 10.0. The predicted molar refractivity (Wildman–Crippen MR) is 104 cm³/mol. The van der Waals surface area contributed by atoms with Crippen LogP contribution in [0.1, 0.15) is 18.0 Å². The Labute approximate surface area is 159 Å². The average Bonchev–Trinajstić information content (AvgIpc) is 3.28. The van der Waals surface area contributed by atoms with E-state index in [4.69, 9.17) is 9.84 Å². The van der Waals surface area contributed by atoms with Crippen LogP contribution < -0.4 is 15.1 Å². The van der Waals surface area contributed by atoms with Crippen molar-refractivity contribution in [2.75, 3.05) is 67.7 Å². The summed E-state index contributed by atoms with van der Waals surface area (Å²) < 4.78 is 5.53. The van der Waals surface area contributed by atoms with Crippen LogP contribution in [0.2, 0.25) is 0 Å². The van der Waals surface area contributed by atoms with Gasteiger partial charge in [-0.2, -0.15) is 4.98 Å². The minimum absolute atomic E-state index is 0.0556. The van der Waals surface area contributed by atoms with Crippen LogP contribution in [-0.4, -0.2) is 72.6 Å². The minimum Gasteiger partial charge on any atom is -0.395 e. The number of nitrogens with zero attached hydrogens (tertiary/aromatic N) is 5. The van der Waals surface area contributed by atoms with Gasteiger partial charge in [0.1, 0.15) is 5.82 Å². The van der Waals surface area contributed by atoms with Gasteiger partial charge in [-0.15, -0.1) is 0 Å². The number of nitrogens with one attached hydrogen (secondary N) is 1. The Hall–Kier alpha value is -2.45. The second-order valence-electron chi connectivity index (χ2n) is 6.87. The largest absolute Gasteiger partial charge is 0.395 e. The van der Waals surface area contributed by atoms with Gasteiger partial charge in [-0.25, -0.2) is 4.98 Å². The van der Waals surface area contributed by atoms with Crippen molar-refractivity contribution in [2.45, 2.75) is 12.3 Å². The molecule has 0 aliphatic carbocycles. The quantitative estimate of drug-likeness (QED) is 0.782. The summed E-state index contributed by atoms with van der Waals surface area (Å²) in [6.45, 7) is 5.68. The summed E-state index contributed by atoms with van der Waals surface area (Å²) in [5.74, 6) is 1.85. The summed E-state index contributed by atoms with van der Waals surface area (Å²) >= 11 is 0. The Kier molecular flexibility index (Phi) is 5.64. The number of hydrogen-bond donors (Lipinski definition) is 2. The van der Waals surface area contributed by atoms with Crippen LogP contribution in [0.25, 0.3) is 0 Å². The smallest absolute Gasteiger partial charge is 0.224 e. The molecule has 0 amide bonds. The van der Waals surface area contributed by atoms with Crippen molar-refractivity contribution in [1.82, 2.24) is 15.0 Å². The standard InChI is InChI=1S/C19H26N6O2/c26-11-6-21-19-22-17(15-3-12-27-14-15)13-18(23-19)25-9-7-24(8-10-25)16-1-4-20-5-2-16/h1-2,4-5,13,15,26H,3,6-12,14H2,(H,21,22,23)/t15-/m0/s1. The lowest BCUT2D eigenvalue weighted by Gasteiger charge is -2.37. The first-order valence-electron chi connectivity index (χ1n) is 9.55. The molecule has 4 rings (SSSR count). The normalized spacial score (nSPS) is 20.1. The van der Waals surface area contributed by atoms with E-state index in [1.54, 1.807) is 0 Å². The van der Waals surface area contributed by atoms with Crippen LogP contribution >= 0.6 is 0 Å². The molecule has 8 nitrogen and oxygen atoms in total. The molecule has 2 fully saturated rings. The third-order valence-electron chi connectivity index (χ3n) is 5.11. The van der Waals surface area contributed by atoms with Crippen molar-refractivity contribution in [3.05, 3.63) is 36.3 Å². The Morgan fingerprint density at radius 2 is 1.89 bits per heavy atom. The summed E-state index contributed by atoms with van der Waals surface area (Å²) in [5.41, 5.74) is 2.23. The summed E-state index contributed by atoms with van der Waals surface area (Å²) in [6, 6.07) is 6.20. The van der Waals surface area contributed by atoms with E-state index in [-0.39, 0.29) is 6.61 Å². The maximum Gasteiger partial charge on any atom is 0.224 e. The SMILES string of the molecule is OCCNc1nc([C@H]2CCOC2)cc(N2CCN(c3ccncc3)CC2)n1. The van der Waals surface area contributed by atoms with E-state index in [1.165, 1.54) is 5.69 Å². The van der Waals surface area contributed by atoms with E-state index in [0.717, 1.165) is 50.7 Å². The maximum atomic E-state index is 9.11. The molecule has 0 bridgehead atoms. The summed E-state index contributed by atoms with van der Waals surface area (Å²) in [5, 5.41) is 12.2. The molecule has 2 aliphatic heterocycles. The van der Waals surface area contributed by atoms with Crippen LogP contribution in [0.3, 0.4) is 0 Å². The highest BCUT2D eigenvalue weighted by molar-refractivity contribution is 5.50. The molecule has 2 saturated heterocycles. The van der Waals surface area contributed by atoms with Crippen LogP contribution in [0, 0.1) is 0 Å². The van der Waals surface area contributed by atoms with Gasteiger partial charge in [-0.3, -0.25) is 4.98 Å². The molecule has 0 unspecified atom stereocenters. The fourth-order valence-electron chi connectivity index (χ4n) is 3.59. The Morgan fingerprint density at radius 3 is 2.59 bits per heavy atom. The number of anilines is 3. The molecule has 2 aromatic rings. The number of pyridine rings is 1. The molecule has 1 atom stereocenters. The van der Waals surface area contributed by atoms with Crippen molar-refractivity contribution < 1.29 is 9.84 Å². The number of hydrogen-bond acceptors (Lipinski definition) is 8. The molecule has 4 heterocycles. The van der Waals surface area contributed by atoms with Gasteiger partial charge in [-0.1, -0.05) is 0 Å². The number of aliphatic hydroxyl groups excluding tert-OH is 1.